The monoisotopic (exact) mass is 282 g/mol. The van der Waals surface area contributed by atoms with Gasteiger partial charge in [-0.15, -0.1) is 0 Å². The van der Waals surface area contributed by atoms with Crippen molar-refractivity contribution in [3.05, 3.63) is 29.8 Å². The van der Waals surface area contributed by atoms with E-state index < -0.39 is 10.0 Å². The molecular formula is C14H22N2O2S. The molecule has 1 aliphatic carbocycles. The zero-order valence-electron chi connectivity index (χ0n) is 11.7. The highest BCUT2D eigenvalue weighted by Crippen LogP contribution is 2.34. The van der Waals surface area contributed by atoms with Crippen LogP contribution in [0.2, 0.25) is 0 Å². The lowest BCUT2D eigenvalue weighted by atomic mass is 10.1. The van der Waals surface area contributed by atoms with Gasteiger partial charge in [-0.1, -0.05) is 25.5 Å². The Balaban J connectivity index is 2.16. The first-order valence-corrected chi connectivity index (χ1v) is 8.25. The molecule has 0 amide bonds. The first kappa shape index (κ1) is 14.5. The Morgan fingerprint density at radius 3 is 2.74 bits per heavy atom. The van der Waals surface area contributed by atoms with Gasteiger partial charge < -0.3 is 5.32 Å². The van der Waals surface area contributed by atoms with E-state index in [4.69, 9.17) is 0 Å². The highest BCUT2D eigenvalue weighted by atomic mass is 32.2. The van der Waals surface area contributed by atoms with Gasteiger partial charge in [0.15, 0.2) is 0 Å². The summed E-state index contributed by atoms with van der Waals surface area (Å²) in [6, 6.07) is 7.39. The van der Waals surface area contributed by atoms with Crippen LogP contribution in [0.5, 0.6) is 0 Å². The number of hydrogen-bond donors (Lipinski definition) is 2. The fourth-order valence-corrected chi connectivity index (χ4v) is 3.60. The standard InChI is InChI=1S/C14H22N2O2S/c1-4-11-9-14(11)16-19(17,18)13-7-5-6-12(8-13)10(2)15-3/h5-8,10-11,14-16H,4,9H2,1-3H3. The Bertz CT molecular complexity index is 542. The van der Waals surface area contributed by atoms with Gasteiger partial charge in [-0.2, -0.15) is 0 Å². The summed E-state index contributed by atoms with van der Waals surface area (Å²) < 4.78 is 27.3. The van der Waals surface area contributed by atoms with E-state index in [0.717, 1.165) is 18.4 Å². The minimum atomic E-state index is -3.38. The van der Waals surface area contributed by atoms with Crippen molar-refractivity contribution in [1.82, 2.24) is 10.0 Å². The zero-order valence-corrected chi connectivity index (χ0v) is 12.5. The Hall–Kier alpha value is -0.910. The van der Waals surface area contributed by atoms with Crippen molar-refractivity contribution in [1.29, 1.82) is 0 Å². The Labute approximate surface area is 115 Å². The van der Waals surface area contributed by atoms with Crippen LogP contribution in [-0.2, 0) is 10.0 Å². The summed E-state index contributed by atoms with van der Waals surface area (Å²) in [5, 5.41) is 3.11. The SMILES string of the molecule is CCC1CC1NS(=O)(=O)c1cccc(C(C)NC)c1. The van der Waals surface area contributed by atoms with Gasteiger partial charge in [0.05, 0.1) is 4.90 Å². The third-order valence-electron chi connectivity index (χ3n) is 3.85. The van der Waals surface area contributed by atoms with Gasteiger partial charge in [-0.05, 0) is 44.0 Å². The molecule has 1 fully saturated rings. The molecule has 0 saturated heterocycles. The average Bonchev–Trinajstić information content (AvgIpc) is 3.15. The number of nitrogens with one attached hydrogen (secondary N) is 2. The molecule has 1 saturated carbocycles. The molecule has 5 heteroatoms. The Kier molecular flexibility index (Phi) is 4.28. The van der Waals surface area contributed by atoms with E-state index in [9.17, 15) is 8.42 Å². The lowest BCUT2D eigenvalue weighted by Gasteiger charge is -2.12. The molecule has 2 rings (SSSR count). The molecule has 0 heterocycles. The van der Waals surface area contributed by atoms with Crippen LogP contribution in [0.1, 0.15) is 38.3 Å². The maximum atomic E-state index is 12.3. The van der Waals surface area contributed by atoms with Crippen LogP contribution in [0.3, 0.4) is 0 Å². The molecular weight excluding hydrogens is 260 g/mol. The van der Waals surface area contributed by atoms with Crippen LogP contribution < -0.4 is 10.0 Å². The smallest absolute Gasteiger partial charge is 0.240 e. The second-order valence-electron chi connectivity index (χ2n) is 5.21. The summed E-state index contributed by atoms with van der Waals surface area (Å²) in [5.74, 6) is 0.509. The van der Waals surface area contributed by atoms with E-state index in [1.54, 1.807) is 18.2 Å². The summed E-state index contributed by atoms with van der Waals surface area (Å²) in [6.07, 6.45) is 1.99. The van der Waals surface area contributed by atoms with Gasteiger partial charge in [0.25, 0.3) is 0 Å². The van der Waals surface area contributed by atoms with Crippen molar-refractivity contribution in [2.75, 3.05) is 7.05 Å². The van der Waals surface area contributed by atoms with E-state index in [2.05, 4.69) is 17.0 Å². The predicted molar refractivity (Wildman–Crippen MR) is 76.4 cm³/mol. The third kappa shape index (κ3) is 3.35. The van der Waals surface area contributed by atoms with E-state index in [0.29, 0.717) is 10.8 Å². The number of hydrogen-bond acceptors (Lipinski definition) is 3. The molecule has 19 heavy (non-hydrogen) atoms. The van der Waals surface area contributed by atoms with Crippen molar-refractivity contribution in [3.8, 4) is 0 Å². The molecule has 3 atom stereocenters. The van der Waals surface area contributed by atoms with Crippen LogP contribution >= 0.6 is 0 Å². The highest BCUT2D eigenvalue weighted by molar-refractivity contribution is 7.89. The lowest BCUT2D eigenvalue weighted by Crippen LogP contribution is -2.27. The second-order valence-corrected chi connectivity index (χ2v) is 6.93. The molecule has 0 spiro atoms. The Morgan fingerprint density at radius 2 is 2.16 bits per heavy atom. The lowest BCUT2D eigenvalue weighted by molar-refractivity contribution is 0.575. The van der Waals surface area contributed by atoms with E-state index >= 15 is 0 Å². The molecule has 1 aliphatic rings. The number of rotatable bonds is 6. The molecule has 106 valence electrons. The highest BCUT2D eigenvalue weighted by Gasteiger charge is 2.38. The van der Waals surface area contributed by atoms with Crippen LogP contribution in [0.25, 0.3) is 0 Å². The summed E-state index contributed by atoms with van der Waals surface area (Å²) >= 11 is 0. The summed E-state index contributed by atoms with van der Waals surface area (Å²) in [7, 11) is -1.52. The number of sulfonamides is 1. The largest absolute Gasteiger partial charge is 0.313 e. The van der Waals surface area contributed by atoms with Crippen LogP contribution in [-0.4, -0.2) is 21.5 Å². The Morgan fingerprint density at radius 1 is 1.42 bits per heavy atom. The van der Waals surface area contributed by atoms with Gasteiger partial charge in [-0.3, -0.25) is 0 Å². The van der Waals surface area contributed by atoms with Gasteiger partial charge in [-0.25, -0.2) is 13.1 Å². The fourth-order valence-electron chi connectivity index (χ4n) is 2.23. The fraction of sp³-hybridized carbons (Fsp3) is 0.571. The maximum absolute atomic E-state index is 12.3. The van der Waals surface area contributed by atoms with E-state index in [1.165, 1.54) is 0 Å². The van der Waals surface area contributed by atoms with Crippen LogP contribution in [0.4, 0.5) is 0 Å². The molecule has 1 aromatic carbocycles. The molecule has 0 aliphatic heterocycles. The molecule has 0 radical (unpaired) electrons. The van der Waals surface area contributed by atoms with E-state index in [-0.39, 0.29) is 12.1 Å². The molecule has 0 aromatic heterocycles. The van der Waals surface area contributed by atoms with Crippen LogP contribution in [0, 0.1) is 5.92 Å². The average molecular weight is 282 g/mol. The van der Waals surface area contributed by atoms with Crippen LogP contribution in [0.15, 0.2) is 29.2 Å². The maximum Gasteiger partial charge on any atom is 0.240 e. The first-order chi connectivity index (χ1) is 8.97. The zero-order chi connectivity index (χ0) is 14.0. The van der Waals surface area contributed by atoms with Crippen molar-refractivity contribution in [2.24, 2.45) is 5.92 Å². The van der Waals surface area contributed by atoms with Crippen molar-refractivity contribution < 1.29 is 8.42 Å². The van der Waals surface area contributed by atoms with Gasteiger partial charge >= 0.3 is 0 Å². The van der Waals surface area contributed by atoms with Crippen molar-refractivity contribution >= 4 is 10.0 Å². The van der Waals surface area contributed by atoms with Crippen molar-refractivity contribution in [3.63, 3.8) is 0 Å². The topological polar surface area (TPSA) is 58.2 Å². The predicted octanol–water partition coefficient (Wildman–Crippen LogP) is 2.04. The summed E-state index contributed by atoms with van der Waals surface area (Å²) in [6.45, 7) is 4.10. The van der Waals surface area contributed by atoms with Crippen molar-refractivity contribution in [2.45, 2.75) is 43.7 Å². The minimum absolute atomic E-state index is 0.125. The number of benzene rings is 1. The molecule has 1 aromatic rings. The normalized spacial score (nSPS) is 24.2. The summed E-state index contributed by atoms with van der Waals surface area (Å²) in [5.41, 5.74) is 0.980. The first-order valence-electron chi connectivity index (χ1n) is 6.77. The van der Waals surface area contributed by atoms with Gasteiger partial charge in [0.1, 0.15) is 0 Å². The van der Waals surface area contributed by atoms with E-state index in [1.807, 2.05) is 20.0 Å². The minimum Gasteiger partial charge on any atom is -0.313 e. The van der Waals surface area contributed by atoms with Gasteiger partial charge in [0, 0.05) is 12.1 Å². The molecule has 2 N–H and O–H groups in total. The molecule has 0 bridgehead atoms. The summed E-state index contributed by atoms with van der Waals surface area (Å²) in [4.78, 5) is 0.355. The molecule has 4 nitrogen and oxygen atoms in total. The molecule has 3 unspecified atom stereocenters. The third-order valence-corrected chi connectivity index (χ3v) is 5.34. The van der Waals surface area contributed by atoms with Gasteiger partial charge in [0.2, 0.25) is 10.0 Å². The second kappa shape index (κ2) is 5.61. The quantitative estimate of drug-likeness (QED) is 0.839.